The number of benzene rings is 2. The lowest BCUT2D eigenvalue weighted by Gasteiger charge is -2.14. The highest BCUT2D eigenvalue weighted by Gasteiger charge is 2.26. The Labute approximate surface area is 166 Å². The van der Waals surface area contributed by atoms with E-state index in [4.69, 9.17) is 11.6 Å². The monoisotopic (exact) mass is 395 g/mol. The van der Waals surface area contributed by atoms with Crippen molar-refractivity contribution in [2.75, 3.05) is 5.32 Å². The summed E-state index contributed by atoms with van der Waals surface area (Å²) in [5.74, 6) is -0.0680. The number of anilines is 1. The molecule has 2 heterocycles. The summed E-state index contributed by atoms with van der Waals surface area (Å²) < 4.78 is 0. The second kappa shape index (κ2) is 7.82. The SMILES string of the molecule is O=C(N[C@H]1CCc2ccc(Cl)cc2NC1=O)c1nnc(Cc2ccccc2)[nH]1. The summed E-state index contributed by atoms with van der Waals surface area (Å²) in [5, 5.41) is 14.0. The van der Waals surface area contributed by atoms with E-state index >= 15 is 0 Å². The van der Waals surface area contributed by atoms with Crippen molar-refractivity contribution in [3.63, 3.8) is 0 Å². The molecule has 0 aliphatic carbocycles. The molecule has 1 atom stereocenters. The third kappa shape index (κ3) is 4.04. The average molecular weight is 396 g/mol. The van der Waals surface area contributed by atoms with Gasteiger partial charge in [-0.25, -0.2) is 0 Å². The van der Waals surface area contributed by atoms with Crippen LogP contribution in [0.25, 0.3) is 0 Å². The van der Waals surface area contributed by atoms with Crippen molar-refractivity contribution >= 4 is 29.1 Å². The molecule has 1 aliphatic heterocycles. The zero-order valence-corrected chi connectivity index (χ0v) is 15.7. The van der Waals surface area contributed by atoms with Crippen LogP contribution in [0.5, 0.6) is 0 Å². The van der Waals surface area contributed by atoms with E-state index in [1.165, 1.54) is 0 Å². The first-order chi connectivity index (χ1) is 13.6. The number of rotatable bonds is 4. The Morgan fingerprint density at radius 2 is 2.00 bits per heavy atom. The number of nitrogens with zero attached hydrogens (tertiary/aromatic N) is 2. The Hall–Kier alpha value is -3.19. The van der Waals surface area contributed by atoms with Crippen LogP contribution in [0.3, 0.4) is 0 Å². The van der Waals surface area contributed by atoms with Gasteiger partial charge < -0.3 is 15.6 Å². The van der Waals surface area contributed by atoms with Crippen molar-refractivity contribution in [3.8, 4) is 0 Å². The third-order valence-electron chi connectivity index (χ3n) is 4.62. The van der Waals surface area contributed by atoms with E-state index in [9.17, 15) is 9.59 Å². The minimum atomic E-state index is -0.665. The largest absolute Gasteiger partial charge is 0.337 e. The molecule has 8 heteroatoms. The summed E-state index contributed by atoms with van der Waals surface area (Å²) in [5.41, 5.74) is 2.73. The van der Waals surface area contributed by atoms with E-state index in [1.54, 1.807) is 12.1 Å². The van der Waals surface area contributed by atoms with Crippen molar-refractivity contribution in [2.24, 2.45) is 0 Å². The van der Waals surface area contributed by atoms with E-state index in [1.807, 2.05) is 36.4 Å². The lowest BCUT2D eigenvalue weighted by atomic mass is 10.1. The number of aryl methyl sites for hydroxylation is 1. The Morgan fingerprint density at radius 3 is 2.82 bits per heavy atom. The number of hydrogen-bond acceptors (Lipinski definition) is 4. The molecular formula is C20H18ClN5O2. The number of halogens is 1. The third-order valence-corrected chi connectivity index (χ3v) is 4.85. The average Bonchev–Trinajstić information content (AvgIpc) is 3.09. The summed E-state index contributed by atoms with van der Waals surface area (Å²) in [7, 11) is 0. The van der Waals surface area contributed by atoms with E-state index in [2.05, 4.69) is 25.8 Å². The number of fused-ring (bicyclic) bond motifs is 1. The van der Waals surface area contributed by atoms with Gasteiger partial charge in [0, 0.05) is 17.1 Å². The van der Waals surface area contributed by atoms with Crippen molar-refractivity contribution in [2.45, 2.75) is 25.3 Å². The molecule has 0 saturated carbocycles. The standard InChI is InChI=1S/C20H18ClN5O2/c21-14-8-6-13-7-9-15(19(27)23-16(13)11-14)22-20(28)18-24-17(25-26-18)10-12-4-2-1-3-5-12/h1-6,8,11,15H,7,9-10H2,(H,22,28)(H,23,27)(H,24,25,26)/t15-/m0/s1. The molecule has 3 aromatic rings. The molecule has 0 radical (unpaired) electrons. The highest BCUT2D eigenvalue weighted by atomic mass is 35.5. The molecule has 2 amide bonds. The molecule has 142 valence electrons. The lowest BCUT2D eigenvalue weighted by Crippen LogP contribution is -2.43. The van der Waals surface area contributed by atoms with Crippen LogP contribution >= 0.6 is 11.6 Å². The predicted octanol–water partition coefficient (Wildman–Crippen LogP) is 2.73. The maximum Gasteiger partial charge on any atom is 0.289 e. The van der Waals surface area contributed by atoms with Crippen LogP contribution < -0.4 is 10.6 Å². The topological polar surface area (TPSA) is 99.8 Å². The number of amides is 2. The van der Waals surface area contributed by atoms with Crippen molar-refractivity contribution in [3.05, 3.63) is 76.3 Å². The van der Waals surface area contributed by atoms with E-state index in [0.29, 0.717) is 35.8 Å². The molecule has 0 fully saturated rings. The zero-order chi connectivity index (χ0) is 19.5. The zero-order valence-electron chi connectivity index (χ0n) is 14.9. The number of nitrogens with one attached hydrogen (secondary N) is 3. The molecule has 2 aromatic carbocycles. The molecule has 0 unspecified atom stereocenters. The van der Waals surface area contributed by atoms with Gasteiger partial charge in [-0.2, -0.15) is 0 Å². The lowest BCUT2D eigenvalue weighted by molar-refractivity contribution is -0.118. The van der Waals surface area contributed by atoms with Gasteiger partial charge in [0.25, 0.3) is 5.91 Å². The van der Waals surface area contributed by atoms with Crippen LogP contribution in [-0.2, 0) is 17.6 Å². The number of carbonyl (C=O) groups excluding carboxylic acids is 2. The summed E-state index contributed by atoms with van der Waals surface area (Å²) >= 11 is 6.00. The fraction of sp³-hybridized carbons (Fsp3) is 0.200. The fourth-order valence-electron chi connectivity index (χ4n) is 3.17. The van der Waals surface area contributed by atoms with Crippen LogP contribution in [0.4, 0.5) is 5.69 Å². The number of hydrogen-bond donors (Lipinski definition) is 3. The highest BCUT2D eigenvalue weighted by molar-refractivity contribution is 6.31. The maximum absolute atomic E-state index is 12.5. The van der Waals surface area contributed by atoms with Gasteiger partial charge >= 0.3 is 0 Å². The normalized spacial score (nSPS) is 16.0. The Balaban J connectivity index is 1.42. The number of aromatic amines is 1. The first-order valence-electron chi connectivity index (χ1n) is 8.94. The van der Waals surface area contributed by atoms with Crippen LogP contribution in [-0.4, -0.2) is 33.0 Å². The minimum Gasteiger partial charge on any atom is -0.337 e. The van der Waals surface area contributed by atoms with Crippen molar-refractivity contribution < 1.29 is 9.59 Å². The van der Waals surface area contributed by atoms with Gasteiger partial charge in [0.15, 0.2) is 0 Å². The molecule has 0 bridgehead atoms. The van der Waals surface area contributed by atoms with Gasteiger partial charge in [0.05, 0.1) is 0 Å². The van der Waals surface area contributed by atoms with Gasteiger partial charge in [0.2, 0.25) is 11.7 Å². The molecule has 3 N–H and O–H groups in total. The second-order valence-corrected chi connectivity index (χ2v) is 7.07. The first kappa shape index (κ1) is 18.2. The maximum atomic E-state index is 12.5. The van der Waals surface area contributed by atoms with E-state index < -0.39 is 11.9 Å². The summed E-state index contributed by atoms with van der Waals surface area (Å²) in [6.07, 6.45) is 1.67. The number of aromatic nitrogens is 3. The second-order valence-electron chi connectivity index (χ2n) is 6.64. The molecule has 0 spiro atoms. The minimum absolute atomic E-state index is 0.0866. The summed E-state index contributed by atoms with van der Waals surface area (Å²) in [6, 6.07) is 14.5. The van der Waals surface area contributed by atoms with Gasteiger partial charge in [-0.3, -0.25) is 9.59 Å². The molecule has 1 aromatic heterocycles. The van der Waals surface area contributed by atoms with Crippen molar-refractivity contribution in [1.82, 2.24) is 20.5 Å². The van der Waals surface area contributed by atoms with Crippen molar-refractivity contribution in [1.29, 1.82) is 0 Å². The molecular weight excluding hydrogens is 378 g/mol. The van der Waals surface area contributed by atoms with Crippen LogP contribution in [0.1, 0.15) is 34.0 Å². The first-order valence-corrected chi connectivity index (χ1v) is 9.32. The van der Waals surface area contributed by atoms with Crippen LogP contribution in [0.15, 0.2) is 48.5 Å². The Morgan fingerprint density at radius 1 is 1.18 bits per heavy atom. The number of H-pyrrole nitrogens is 1. The smallest absolute Gasteiger partial charge is 0.289 e. The quantitative estimate of drug-likeness (QED) is 0.632. The molecule has 1 aliphatic rings. The van der Waals surface area contributed by atoms with Crippen LogP contribution in [0.2, 0.25) is 5.02 Å². The Kier molecular flexibility index (Phi) is 5.08. The molecule has 0 saturated heterocycles. The predicted molar refractivity (Wildman–Crippen MR) is 105 cm³/mol. The summed E-state index contributed by atoms with van der Waals surface area (Å²) in [6.45, 7) is 0. The fourth-order valence-corrected chi connectivity index (χ4v) is 3.34. The van der Waals surface area contributed by atoms with Crippen LogP contribution in [0, 0.1) is 0 Å². The summed E-state index contributed by atoms with van der Waals surface area (Å²) in [4.78, 5) is 27.9. The molecule has 4 rings (SSSR count). The van der Waals surface area contributed by atoms with E-state index in [0.717, 1.165) is 11.1 Å². The molecule has 28 heavy (non-hydrogen) atoms. The highest BCUT2D eigenvalue weighted by Crippen LogP contribution is 2.25. The number of carbonyl (C=O) groups is 2. The van der Waals surface area contributed by atoms with Gasteiger partial charge in [-0.1, -0.05) is 48.0 Å². The van der Waals surface area contributed by atoms with Gasteiger partial charge in [0.1, 0.15) is 11.9 Å². The van der Waals surface area contributed by atoms with Gasteiger partial charge in [-0.15, -0.1) is 10.2 Å². The van der Waals surface area contributed by atoms with Gasteiger partial charge in [-0.05, 0) is 36.1 Å². The molecule has 7 nitrogen and oxygen atoms in total. The Bertz CT molecular complexity index is 1020. The van der Waals surface area contributed by atoms with E-state index in [-0.39, 0.29) is 11.7 Å².